The van der Waals surface area contributed by atoms with Gasteiger partial charge in [0.15, 0.2) is 0 Å². The molecule has 2 nitrogen and oxygen atoms in total. The zero-order chi connectivity index (χ0) is 9.84. The summed E-state index contributed by atoms with van der Waals surface area (Å²) in [5, 5.41) is 0. The Morgan fingerprint density at radius 1 is 1.46 bits per heavy atom. The van der Waals surface area contributed by atoms with Crippen molar-refractivity contribution in [3.05, 3.63) is 28.2 Å². The molecule has 0 saturated heterocycles. The number of nitrogens with two attached hydrogens (primary N) is 1. The van der Waals surface area contributed by atoms with Gasteiger partial charge < -0.3 is 10.5 Å². The highest BCUT2D eigenvalue weighted by Crippen LogP contribution is 2.29. The molecule has 0 aromatic heterocycles. The first-order chi connectivity index (χ1) is 6.15. The van der Waals surface area contributed by atoms with Gasteiger partial charge in [-0.15, -0.1) is 0 Å². The first-order valence-corrected chi connectivity index (χ1v) is 5.08. The van der Waals surface area contributed by atoms with Crippen LogP contribution in [-0.2, 0) is 6.54 Å². The summed E-state index contributed by atoms with van der Waals surface area (Å²) in [7, 11) is 0. The van der Waals surface area contributed by atoms with E-state index in [4.69, 9.17) is 10.5 Å². The minimum Gasteiger partial charge on any atom is -0.489 e. The van der Waals surface area contributed by atoms with E-state index in [2.05, 4.69) is 15.9 Å². The van der Waals surface area contributed by atoms with Crippen LogP contribution >= 0.6 is 15.9 Å². The van der Waals surface area contributed by atoms with Crippen molar-refractivity contribution >= 4 is 15.9 Å². The standard InChI is InChI=1S/C10H14BrNO/c1-7(2)13-10-8(6-12)4-3-5-9(10)11/h3-5,7H,6,12H2,1-2H3. The normalized spacial score (nSPS) is 10.5. The summed E-state index contributed by atoms with van der Waals surface area (Å²) in [5.41, 5.74) is 6.63. The molecule has 0 bridgehead atoms. The van der Waals surface area contributed by atoms with E-state index in [0.717, 1.165) is 15.8 Å². The van der Waals surface area contributed by atoms with Crippen LogP contribution in [0.25, 0.3) is 0 Å². The number of ether oxygens (including phenoxy) is 1. The summed E-state index contributed by atoms with van der Waals surface area (Å²) >= 11 is 3.44. The minimum atomic E-state index is 0.170. The second kappa shape index (κ2) is 4.63. The lowest BCUT2D eigenvalue weighted by Gasteiger charge is -2.14. The number of halogens is 1. The fraction of sp³-hybridized carbons (Fsp3) is 0.400. The molecule has 0 radical (unpaired) electrons. The predicted molar refractivity (Wildman–Crippen MR) is 57.8 cm³/mol. The Hall–Kier alpha value is -0.540. The van der Waals surface area contributed by atoms with Crippen molar-refractivity contribution in [2.45, 2.75) is 26.5 Å². The fourth-order valence-corrected chi connectivity index (χ4v) is 1.58. The highest BCUT2D eigenvalue weighted by molar-refractivity contribution is 9.10. The monoisotopic (exact) mass is 243 g/mol. The molecular weight excluding hydrogens is 230 g/mol. The van der Waals surface area contributed by atoms with Crippen LogP contribution in [0.1, 0.15) is 19.4 Å². The Balaban J connectivity index is 3.00. The molecule has 0 unspecified atom stereocenters. The molecule has 72 valence electrons. The Kier molecular flexibility index (Phi) is 3.75. The van der Waals surface area contributed by atoms with Gasteiger partial charge in [-0.2, -0.15) is 0 Å². The Morgan fingerprint density at radius 2 is 2.15 bits per heavy atom. The summed E-state index contributed by atoms with van der Waals surface area (Å²) in [5.74, 6) is 0.861. The molecule has 0 aliphatic heterocycles. The fourth-order valence-electron chi connectivity index (χ4n) is 1.08. The molecule has 0 amide bonds. The minimum absolute atomic E-state index is 0.170. The highest BCUT2D eigenvalue weighted by atomic mass is 79.9. The van der Waals surface area contributed by atoms with Gasteiger partial charge >= 0.3 is 0 Å². The zero-order valence-corrected chi connectivity index (χ0v) is 9.47. The van der Waals surface area contributed by atoms with Gasteiger partial charge in [0.05, 0.1) is 10.6 Å². The van der Waals surface area contributed by atoms with Crippen molar-refractivity contribution in [1.29, 1.82) is 0 Å². The van der Waals surface area contributed by atoms with Crippen LogP contribution in [-0.4, -0.2) is 6.10 Å². The Morgan fingerprint density at radius 3 is 2.69 bits per heavy atom. The van der Waals surface area contributed by atoms with E-state index in [9.17, 15) is 0 Å². The highest BCUT2D eigenvalue weighted by Gasteiger charge is 2.07. The average molecular weight is 244 g/mol. The third-order valence-corrected chi connectivity index (χ3v) is 2.25. The van der Waals surface area contributed by atoms with Crippen LogP contribution in [0.4, 0.5) is 0 Å². The van der Waals surface area contributed by atoms with Crippen molar-refractivity contribution in [3.8, 4) is 5.75 Å². The molecule has 0 aliphatic carbocycles. The summed E-state index contributed by atoms with van der Waals surface area (Å²) < 4.78 is 6.60. The lowest BCUT2D eigenvalue weighted by molar-refractivity contribution is 0.238. The smallest absolute Gasteiger partial charge is 0.138 e. The van der Waals surface area contributed by atoms with E-state index in [1.807, 2.05) is 32.0 Å². The molecule has 13 heavy (non-hydrogen) atoms. The first kappa shape index (κ1) is 10.5. The van der Waals surface area contributed by atoms with Gasteiger partial charge in [-0.3, -0.25) is 0 Å². The largest absolute Gasteiger partial charge is 0.489 e. The lowest BCUT2D eigenvalue weighted by atomic mass is 10.2. The van der Waals surface area contributed by atoms with Crippen LogP contribution in [0.3, 0.4) is 0 Å². The van der Waals surface area contributed by atoms with Crippen molar-refractivity contribution < 1.29 is 4.74 Å². The third kappa shape index (κ3) is 2.71. The number of hydrogen-bond donors (Lipinski definition) is 1. The first-order valence-electron chi connectivity index (χ1n) is 4.29. The third-order valence-electron chi connectivity index (χ3n) is 1.62. The number of para-hydroxylation sites is 1. The van der Waals surface area contributed by atoms with Gasteiger partial charge in [-0.1, -0.05) is 12.1 Å². The number of hydrogen-bond acceptors (Lipinski definition) is 2. The number of rotatable bonds is 3. The van der Waals surface area contributed by atoms with E-state index in [-0.39, 0.29) is 6.10 Å². The molecule has 0 atom stereocenters. The molecule has 1 aromatic carbocycles. The molecular formula is C10H14BrNO. The number of benzene rings is 1. The maximum atomic E-state index is 5.64. The second-order valence-corrected chi connectivity index (χ2v) is 3.95. The van der Waals surface area contributed by atoms with Crippen LogP contribution in [0.15, 0.2) is 22.7 Å². The second-order valence-electron chi connectivity index (χ2n) is 3.10. The van der Waals surface area contributed by atoms with Gasteiger partial charge in [-0.25, -0.2) is 0 Å². The van der Waals surface area contributed by atoms with Gasteiger partial charge in [0.25, 0.3) is 0 Å². The van der Waals surface area contributed by atoms with E-state index < -0.39 is 0 Å². The van der Waals surface area contributed by atoms with Crippen LogP contribution in [0.5, 0.6) is 5.75 Å². The van der Waals surface area contributed by atoms with E-state index in [0.29, 0.717) is 6.54 Å². The lowest BCUT2D eigenvalue weighted by Crippen LogP contribution is -2.09. The van der Waals surface area contributed by atoms with Crippen molar-refractivity contribution in [2.75, 3.05) is 0 Å². The molecule has 2 N–H and O–H groups in total. The summed E-state index contributed by atoms with van der Waals surface area (Å²) in [6.07, 6.45) is 0.170. The molecule has 1 rings (SSSR count). The summed E-state index contributed by atoms with van der Waals surface area (Å²) in [6.45, 7) is 4.50. The maximum absolute atomic E-state index is 5.64. The Bertz CT molecular complexity index is 286. The topological polar surface area (TPSA) is 35.2 Å². The predicted octanol–water partition coefficient (Wildman–Crippen LogP) is 2.70. The summed E-state index contributed by atoms with van der Waals surface area (Å²) in [6, 6.07) is 5.89. The van der Waals surface area contributed by atoms with Gasteiger partial charge in [-0.05, 0) is 35.8 Å². The molecule has 1 aromatic rings. The molecule has 3 heteroatoms. The molecule has 0 spiro atoms. The molecule has 0 heterocycles. The summed E-state index contributed by atoms with van der Waals surface area (Å²) in [4.78, 5) is 0. The van der Waals surface area contributed by atoms with E-state index >= 15 is 0 Å². The average Bonchev–Trinajstić information content (AvgIpc) is 2.08. The zero-order valence-electron chi connectivity index (χ0n) is 7.88. The Labute approximate surface area is 87.2 Å². The van der Waals surface area contributed by atoms with Gasteiger partial charge in [0.2, 0.25) is 0 Å². The van der Waals surface area contributed by atoms with Crippen molar-refractivity contribution in [1.82, 2.24) is 0 Å². The van der Waals surface area contributed by atoms with E-state index in [1.54, 1.807) is 0 Å². The maximum Gasteiger partial charge on any atom is 0.138 e. The van der Waals surface area contributed by atoms with Crippen LogP contribution in [0.2, 0.25) is 0 Å². The molecule has 0 fully saturated rings. The molecule has 0 aliphatic rings. The van der Waals surface area contributed by atoms with Crippen molar-refractivity contribution in [3.63, 3.8) is 0 Å². The van der Waals surface area contributed by atoms with Crippen molar-refractivity contribution in [2.24, 2.45) is 5.73 Å². The van der Waals surface area contributed by atoms with E-state index in [1.165, 1.54) is 0 Å². The molecule has 0 saturated carbocycles. The van der Waals surface area contributed by atoms with Gasteiger partial charge in [0.1, 0.15) is 5.75 Å². The van der Waals surface area contributed by atoms with Crippen LogP contribution < -0.4 is 10.5 Å². The SMILES string of the molecule is CC(C)Oc1c(Br)cccc1CN. The van der Waals surface area contributed by atoms with Crippen LogP contribution in [0, 0.1) is 0 Å². The quantitative estimate of drug-likeness (QED) is 0.887. The van der Waals surface area contributed by atoms with Gasteiger partial charge in [0, 0.05) is 12.1 Å².